The van der Waals surface area contributed by atoms with E-state index in [2.05, 4.69) is 24.5 Å². The molecule has 0 radical (unpaired) electrons. The van der Waals surface area contributed by atoms with Crippen LogP contribution in [0, 0.1) is 10.8 Å². The van der Waals surface area contributed by atoms with Crippen LogP contribution in [0.1, 0.15) is 41.0 Å². The number of amides is 1. The second kappa shape index (κ2) is 5.57. The van der Waals surface area contributed by atoms with E-state index in [0.717, 1.165) is 13.0 Å². The van der Waals surface area contributed by atoms with Gasteiger partial charge in [0, 0.05) is 31.7 Å². The molecule has 0 heterocycles. The van der Waals surface area contributed by atoms with Crippen LogP contribution in [0.3, 0.4) is 0 Å². The molecule has 1 saturated carbocycles. The molecule has 4 nitrogen and oxygen atoms in total. The molecular weight excluding hydrogens is 228 g/mol. The molecular formula is C14H28N2O2. The fraction of sp³-hybridized carbons (Fsp3) is 0.929. The highest BCUT2D eigenvalue weighted by Crippen LogP contribution is 2.42. The van der Waals surface area contributed by atoms with Crippen molar-refractivity contribution in [3.05, 3.63) is 0 Å². The SMILES string of the molecule is CCOC1CC(NCC(C)(C)C(=O)NC)C1(C)C. The van der Waals surface area contributed by atoms with E-state index in [1.807, 2.05) is 20.8 Å². The van der Waals surface area contributed by atoms with E-state index in [4.69, 9.17) is 4.74 Å². The van der Waals surface area contributed by atoms with Crippen molar-refractivity contribution in [1.82, 2.24) is 10.6 Å². The van der Waals surface area contributed by atoms with Gasteiger partial charge in [0.15, 0.2) is 0 Å². The summed E-state index contributed by atoms with van der Waals surface area (Å²) in [7, 11) is 1.68. The largest absolute Gasteiger partial charge is 0.378 e. The molecule has 0 aromatic rings. The Hall–Kier alpha value is -0.610. The third kappa shape index (κ3) is 3.04. The van der Waals surface area contributed by atoms with Crippen LogP contribution >= 0.6 is 0 Å². The zero-order valence-corrected chi connectivity index (χ0v) is 12.6. The van der Waals surface area contributed by atoms with Gasteiger partial charge in [-0.25, -0.2) is 0 Å². The molecule has 2 unspecified atom stereocenters. The van der Waals surface area contributed by atoms with Gasteiger partial charge in [-0.15, -0.1) is 0 Å². The lowest BCUT2D eigenvalue weighted by molar-refractivity contribution is -0.131. The second-order valence-electron chi connectivity index (χ2n) is 6.40. The van der Waals surface area contributed by atoms with Crippen molar-refractivity contribution < 1.29 is 9.53 Å². The maximum absolute atomic E-state index is 11.7. The van der Waals surface area contributed by atoms with Crippen LogP contribution in [0.5, 0.6) is 0 Å². The number of rotatable bonds is 6. The van der Waals surface area contributed by atoms with Crippen LogP contribution in [0.2, 0.25) is 0 Å². The van der Waals surface area contributed by atoms with Crippen molar-refractivity contribution in [3.63, 3.8) is 0 Å². The smallest absolute Gasteiger partial charge is 0.226 e. The number of hydrogen-bond acceptors (Lipinski definition) is 3. The minimum atomic E-state index is -0.373. The molecule has 0 aliphatic heterocycles. The molecule has 0 spiro atoms. The van der Waals surface area contributed by atoms with Crippen LogP contribution in [0.15, 0.2) is 0 Å². The maximum Gasteiger partial charge on any atom is 0.226 e. The van der Waals surface area contributed by atoms with Crippen molar-refractivity contribution in [2.24, 2.45) is 10.8 Å². The molecule has 2 atom stereocenters. The Kier molecular flexibility index (Phi) is 4.78. The Morgan fingerprint density at radius 3 is 2.50 bits per heavy atom. The van der Waals surface area contributed by atoms with Crippen LogP contribution in [-0.2, 0) is 9.53 Å². The maximum atomic E-state index is 11.7. The van der Waals surface area contributed by atoms with Gasteiger partial charge in [0.2, 0.25) is 5.91 Å². The van der Waals surface area contributed by atoms with Crippen LogP contribution in [-0.4, -0.2) is 38.3 Å². The van der Waals surface area contributed by atoms with Crippen LogP contribution in [0.25, 0.3) is 0 Å². The summed E-state index contributed by atoms with van der Waals surface area (Å²) in [5, 5.41) is 6.22. The fourth-order valence-electron chi connectivity index (χ4n) is 2.51. The number of nitrogens with one attached hydrogen (secondary N) is 2. The van der Waals surface area contributed by atoms with Gasteiger partial charge in [0.25, 0.3) is 0 Å². The van der Waals surface area contributed by atoms with E-state index < -0.39 is 0 Å². The van der Waals surface area contributed by atoms with Gasteiger partial charge in [-0.3, -0.25) is 4.79 Å². The highest BCUT2D eigenvalue weighted by atomic mass is 16.5. The predicted molar refractivity (Wildman–Crippen MR) is 73.5 cm³/mol. The first-order chi connectivity index (χ1) is 8.25. The molecule has 1 rings (SSSR count). The van der Waals surface area contributed by atoms with Crippen molar-refractivity contribution in [3.8, 4) is 0 Å². The lowest BCUT2D eigenvalue weighted by Gasteiger charge is -2.52. The number of hydrogen-bond donors (Lipinski definition) is 2. The van der Waals surface area contributed by atoms with Gasteiger partial charge in [-0.2, -0.15) is 0 Å². The van der Waals surface area contributed by atoms with Gasteiger partial charge in [-0.05, 0) is 27.2 Å². The number of ether oxygens (including phenoxy) is 1. The van der Waals surface area contributed by atoms with Crippen LogP contribution in [0.4, 0.5) is 0 Å². The summed E-state index contributed by atoms with van der Waals surface area (Å²) in [5.41, 5.74) is -0.226. The van der Waals surface area contributed by atoms with E-state index >= 15 is 0 Å². The predicted octanol–water partition coefficient (Wildman–Crippen LogP) is 1.55. The molecule has 2 N–H and O–H groups in total. The molecule has 0 aromatic carbocycles. The molecule has 0 bridgehead atoms. The molecule has 106 valence electrons. The molecule has 4 heteroatoms. The highest BCUT2D eigenvalue weighted by Gasteiger charge is 2.49. The third-order valence-electron chi connectivity index (χ3n) is 4.18. The first kappa shape index (κ1) is 15.4. The summed E-state index contributed by atoms with van der Waals surface area (Å²) >= 11 is 0. The van der Waals surface area contributed by atoms with Gasteiger partial charge in [0.05, 0.1) is 11.5 Å². The second-order valence-corrected chi connectivity index (χ2v) is 6.40. The summed E-state index contributed by atoms with van der Waals surface area (Å²) in [6, 6.07) is 0.429. The average Bonchev–Trinajstić information content (AvgIpc) is 2.31. The van der Waals surface area contributed by atoms with Crippen molar-refractivity contribution in [1.29, 1.82) is 0 Å². The zero-order chi connectivity index (χ0) is 14.0. The summed E-state index contributed by atoms with van der Waals surface area (Å²) in [6.07, 6.45) is 1.37. The highest BCUT2D eigenvalue weighted by molar-refractivity contribution is 5.81. The summed E-state index contributed by atoms with van der Waals surface area (Å²) in [5.74, 6) is 0.0773. The molecule has 1 amide bonds. The average molecular weight is 256 g/mol. The van der Waals surface area contributed by atoms with Gasteiger partial charge in [-0.1, -0.05) is 13.8 Å². The Bertz CT molecular complexity index is 300. The molecule has 1 fully saturated rings. The molecule has 1 aliphatic carbocycles. The van der Waals surface area contributed by atoms with Crippen molar-refractivity contribution in [2.75, 3.05) is 20.2 Å². The summed E-state index contributed by atoms with van der Waals surface area (Å²) < 4.78 is 5.70. The monoisotopic (exact) mass is 256 g/mol. The zero-order valence-electron chi connectivity index (χ0n) is 12.6. The van der Waals surface area contributed by atoms with Crippen molar-refractivity contribution >= 4 is 5.91 Å². The van der Waals surface area contributed by atoms with Gasteiger partial charge >= 0.3 is 0 Å². The van der Waals surface area contributed by atoms with E-state index in [1.54, 1.807) is 7.05 Å². The summed E-state index contributed by atoms with van der Waals surface area (Å²) in [4.78, 5) is 11.7. The molecule has 0 saturated heterocycles. The van der Waals surface area contributed by atoms with Gasteiger partial charge in [0.1, 0.15) is 0 Å². The minimum Gasteiger partial charge on any atom is -0.378 e. The Labute approximate surface area is 111 Å². The Morgan fingerprint density at radius 1 is 1.44 bits per heavy atom. The van der Waals surface area contributed by atoms with Crippen LogP contribution < -0.4 is 10.6 Å². The normalized spacial score (nSPS) is 26.6. The van der Waals surface area contributed by atoms with E-state index in [0.29, 0.717) is 18.7 Å². The van der Waals surface area contributed by atoms with E-state index in [-0.39, 0.29) is 16.7 Å². The lowest BCUT2D eigenvalue weighted by Crippen LogP contribution is -2.62. The molecule has 18 heavy (non-hydrogen) atoms. The summed E-state index contributed by atoms with van der Waals surface area (Å²) in [6.45, 7) is 11.9. The lowest BCUT2D eigenvalue weighted by atomic mass is 9.64. The number of carbonyl (C=O) groups is 1. The van der Waals surface area contributed by atoms with E-state index in [9.17, 15) is 4.79 Å². The third-order valence-corrected chi connectivity index (χ3v) is 4.18. The first-order valence-corrected chi connectivity index (χ1v) is 6.83. The van der Waals surface area contributed by atoms with Gasteiger partial charge < -0.3 is 15.4 Å². The Morgan fingerprint density at radius 2 is 2.06 bits per heavy atom. The van der Waals surface area contributed by atoms with Crippen molar-refractivity contribution in [2.45, 2.75) is 53.2 Å². The quantitative estimate of drug-likeness (QED) is 0.758. The minimum absolute atomic E-state index is 0.0773. The standard InChI is InChI=1S/C14H28N2O2/c1-7-18-11-8-10(14(11,4)5)16-9-13(2,3)12(17)15-6/h10-11,16H,7-9H2,1-6H3,(H,15,17). The molecule has 0 aromatic heterocycles. The topological polar surface area (TPSA) is 50.4 Å². The number of carbonyl (C=O) groups excluding carboxylic acids is 1. The Balaban J connectivity index is 2.45. The first-order valence-electron chi connectivity index (χ1n) is 6.83. The fourth-order valence-corrected chi connectivity index (χ4v) is 2.51. The molecule has 1 aliphatic rings. The van der Waals surface area contributed by atoms with E-state index in [1.165, 1.54) is 0 Å².